The average molecular weight is 238 g/mol. The van der Waals surface area contributed by atoms with E-state index in [0.717, 1.165) is 19.4 Å². The Morgan fingerprint density at radius 3 is 3.06 bits per heavy atom. The molecule has 1 aliphatic heterocycles. The number of ether oxygens (including phenoxy) is 1. The first-order valence-electron chi connectivity index (χ1n) is 5.58. The van der Waals surface area contributed by atoms with Gasteiger partial charge in [-0.25, -0.2) is 4.39 Å². The minimum atomic E-state index is -0.461. The molecule has 2 N–H and O–H groups in total. The molecule has 0 aliphatic carbocycles. The second kappa shape index (κ2) is 5.14. The van der Waals surface area contributed by atoms with Crippen molar-refractivity contribution >= 4 is 11.6 Å². The number of anilines is 1. The Morgan fingerprint density at radius 2 is 2.41 bits per heavy atom. The molecular formula is C12H15FN2O2. The lowest BCUT2D eigenvalue weighted by Crippen LogP contribution is -2.35. The van der Waals surface area contributed by atoms with E-state index in [4.69, 9.17) is 4.74 Å². The van der Waals surface area contributed by atoms with Gasteiger partial charge in [0, 0.05) is 6.07 Å². The standard InChI is InChI=1S/C12H15FN2O2/c1-17-8-4-5-9(13)11(7-8)15-12(16)10-3-2-6-14-10/h4-5,7,10,14H,2-3,6H2,1H3,(H,15,16). The zero-order valence-electron chi connectivity index (χ0n) is 9.63. The van der Waals surface area contributed by atoms with Crippen molar-refractivity contribution in [1.29, 1.82) is 0 Å². The Morgan fingerprint density at radius 1 is 1.59 bits per heavy atom. The molecule has 1 fully saturated rings. The van der Waals surface area contributed by atoms with Crippen molar-refractivity contribution in [2.75, 3.05) is 19.0 Å². The van der Waals surface area contributed by atoms with Crippen molar-refractivity contribution < 1.29 is 13.9 Å². The highest BCUT2D eigenvalue weighted by atomic mass is 19.1. The summed E-state index contributed by atoms with van der Waals surface area (Å²) in [5, 5.41) is 5.63. The number of benzene rings is 1. The number of hydrogen-bond acceptors (Lipinski definition) is 3. The second-order valence-corrected chi connectivity index (χ2v) is 3.98. The summed E-state index contributed by atoms with van der Waals surface area (Å²) < 4.78 is 18.4. The third-order valence-electron chi connectivity index (χ3n) is 2.81. The van der Waals surface area contributed by atoms with Crippen LogP contribution in [0.1, 0.15) is 12.8 Å². The number of amides is 1. The fraction of sp³-hybridized carbons (Fsp3) is 0.417. The van der Waals surface area contributed by atoms with E-state index >= 15 is 0 Å². The smallest absolute Gasteiger partial charge is 0.241 e. The first-order valence-corrected chi connectivity index (χ1v) is 5.58. The van der Waals surface area contributed by atoms with E-state index in [2.05, 4.69) is 10.6 Å². The van der Waals surface area contributed by atoms with Crippen molar-refractivity contribution in [2.24, 2.45) is 0 Å². The van der Waals surface area contributed by atoms with Gasteiger partial charge >= 0.3 is 0 Å². The highest BCUT2D eigenvalue weighted by Gasteiger charge is 2.22. The minimum Gasteiger partial charge on any atom is -0.497 e. The molecule has 1 aromatic rings. The Balaban J connectivity index is 2.09. The largest absolute Gasteiger partial charge is 0.497 e. The first-order chi connectivity index (χ1) is 8.20. The molecule has 5 heteroatoms. The van der Waals surface area contributed by atoms with Crippen LogP contribution in [0.2, 0.25) is 0 Å². The lowest BCUT2D eigenvalue weighted by Gasteiger charge is -2.12. The van der Waals surface area contributed by atoms with Crippen LogP contribution in [0.4, 0.5) is 10.1 Å². The fourth-order valence-corrected chi connectivity index (χ4v) is 1.86. The number of carbonyl (C=O) groups is 1. The minimum absolute atomic E-state index is 0.156. The van der Waals surface area contributed by atoms with E-state index in [0.29, 0.717) is 5.75 Å². The van der Waals surface area contributed by atoms with Gasteiger partial charge in [-0.3, -0.25) is 4.79 Å². The van der Waals surface area contributed by atoms with Crippen LogP contribution in [-0.2, 0) is 4.79 Å². The number of nitrogens with one attached hydrogen (secondary N) is 2. The number of methoxy groups -OCH3 is 1. The van der Waals surface area contributed by atoms with Crippen molar-refractivity contribution in [3.05, 3.63) is 24.0 Å². The number of carbonyl (C=O) groups excluding carboxylic acids is 1. The van der Waals surface area contributed by atoms with Gasteiger partial charge < -0.3 is 15.4 Å². The molecule has 1 atom stereocenters. The summed E-state index contributed by atoms with van der Waals surface area (Å²) in [5.74, 6) is -0.145. The lowest BCUT2D eigenvalue weighted by atomic mass is 10.2. The highest BCUT2D eigenvalue weighted by molar-refractivity contribution is 5.95. The van der Waals surface area contributed by atoms with Gasteiger partial charge in [-0.1, -0.05) is 0 Å². The molecule has 0 radical (unpaired) electrons. The summed E-state index contributed by atoms with van der Waals surface area (Å²) >= 11 is 0. The van der Waals surface area contributed by atoms with E-state index in [1.165, 1.54) is 25.3 Å². The number of rotatable bonds is 3. The fourth-order valence-electron chi connectivity index (χ4n) is 1.86. The predicted molar refractivity (Wildman–Crippen MR) is 62.6 cm³/mol. The maximum absolute atomic E-state index is 13.5. The highest BCUT2D eigenvalue weighted by Crippen LogP contribution is 2.21. The molecule has 0 saturated carbocycles. The Labute approximate surface area is 99.2 Å². The SMILES string of the molecule is COc1ccc(F)c(NC(=O)C2CCCN2)c1. The summed E-state index contributed by atoms with van der Waals surface area (Å²) in [6, 6.07) is 4.04. The molecule has 2 rings (SSSR count). The third kappa shape index (κ3) is 2.74. The van der Waals surface area contributed by atoms with Gasteiger partial charge in [0.1, 0.15) is 11.6 Å². The van der Waals surface area contributed by atoms with Gasteiger partial charge in [-0.05, 0) is 31.5 Å². The molecule has 0 spiro atoms. The summed E-state index contributed by atoms with van der Waals surface area (Å²) in [6.07, 6.45) is 1.76. The molecule has 4 nitrogen and oxygen atoms in total. The van der Waals surface area contributed by atoms with Gasteiger partial charge in [0.25, 0.3) is 0 Å². The molecule has 92 valence electrons. The maximum Gasteiger partial charge on any atom is 0.241 e. The van der Waals surface area contributed by atoms with E-state index in [1.807, 2.05) is 0 Å². The monoisotopic (exact) mass is 238 g/mol. The number of hydrogen-bond donors (Lipinski definition) is 2. The maximum atomic E-state index is 13.5. The summed E-state index contributed by atoms with van der Waals surface area (Å²) in [5.41, 5.74) is 0.156. The normalized spacial score (nSPS) is 19.1. The van der Waals surface area contributed by atoms with Gasteiger partial charge in [-0.15, -0.1) is 0 Å². The topological polar surface area (TPSA) is 50.4 Å². The van der Waals surface area contributed by atoms with E-state index in [-0.39, 0.29) is 17.6 Å². The Bertz CT molecular complexity index is 417. The van der Waals surface area contributed by atoms with Crippen molar-refractivity contribution in [3.8, 4) is 5.75 Å². The molecule has 1 heterocycles. The number of halogens is 1. The van der Waals surface area contributed by atoms with Crippen LogP contribution in [0.25, 0.3) is 0 Å². The molecule has 1 aliphatic rings. The average Bonchev–Trinajstić information content (AvgIpc) is 2.85. The Hall–Kier alpha value is -1.62. The third-order valence-corrected chi connectivity index (χ3v) is 2.81. The summed E-state index contributed by atoms with van der Waals surface area (Å²) in [6.45, 7) is 0.832. The van der Waals surface area contributed by atoms with Gasteiger partial charge in [0.2, 0.25) is 5.91 Å². The van der Waals surface area contributed by atoms with E-state index in [9.17, 15) is 9.18 Å². The van der Waals surface area contributed by atoms with Crippen molar-refractivity contribution in [3.63, 3.8) is 0 Å². The molecule has 0 bridgehead atoms. The van der Waals surface area contributed by atoms with E-state index < -0.39 is 5.82 Å². The van der Waals surface area contributed by atoms with Crippen molar-refractivity contribution in [2.45, 2.75) is 18.9 Å². The quantitative estimate of drug-likeness (QED) is 0.839. The second-order valence-electron chi connectivity index (χ2n) is 3.98. The van der Waals surface area contributed by atoms with Crippen LogP contribution >= 0.6 is 0 Å². The predicted octanol–water partition coefficient (Wildman–Crippen LogP) is 1.52. The molecule has 1 amide bonds. The van der Waals surface area contributed by atoms with Crippen LogP contribution < -0.4 is 15.4 Å². The van der Waals surface area contributed by atoms with E-state index in [1.54, 1.807) is 0 Å². The summed E-state index contributed by atoms with van der Waals surface area (Å²) in [4.78, 5) is 11.8. The first kappa shape index (κ1) is 11.9. The molecule has 1 saturated heterocycles. The zero-order chi connectivity index (χ0) is 12.3. The van der Waals surface area contributed by atoms with Gasteiger partial charge in [0.15, 0.2) is 0 Å². The summed E-state index contributed by atoms with van der Waals surface area (Å²) in [7, 11) is 1.50. The van der Waals surface area contributed by atoms with Crippen LogP contribution in [0.5, 0.6) is 5.75 Å². The molecule has 1 aromatic carbocycles. The molecule has 0 aromatic heterocycles. The van der Waals surface area contributed by atoms with Gasteiger partial charge in [0.05, 0.1) is 18.8 Å². The van der Waals surface area contributed by atoms with Crippen LogP contribution in [0.15, 0.2) is 18.2 Å². The molecule has 17 heavy (non-hydrogen) atoms. The van der Waals surface area contributed by atoms with Crippen LogP contribution in [0.3, 0.4) is 0 Å². The Kier molecular flexibility index (Phi) is 3.58. The molecular weight excluding hydrogens is 223 g/mol. The van der Waals surface area contributed by atoms with Gasteiger partial charge in [-0.2, -0.15) is 0 Å². The van der Waals surface area contributed by atoms with Crippen molar-refractivity contribution in [1.82, 2.24) is 5.32 Å². The van der Waals surface area contributed by atoms with Crippen LogP contribution in [0, 0.1) is 5.82 Å². The van der Waals surface area contributed by atoms with Crippen LogP contribution in [-0.4, -0.2) is 25.6 Å². The lowest BCUT2D eigenvalue weighted by molar-refractivity contribution is -0.117. The molecule has 1 unspecified atom stereocenters. The zero-order valence-corrected chi connectivity index (χ0v) is 9.63.